The minimum Gasteiger partial charge on any atom is -0.367 e. The highest BCUT2D eigenvalue weighted by Gasteiger charge is 2.37. The average Bonchev–Trinajstić information content (AvgIpc) is 3.01. The molecule has 0 aliphatic carbocycles. The molecule has 1 unspecified atom stereocenters. The van der Waals surface area contributed by atoms with Crippen LogP contribution in [0.25, 0.3) is 0 Å². The van der Waals surface area contributed by atoms with E-state index in [0.29, 0.717) is 36.6 Å². The monoisotopic (exact) mass is 343 g/mol. The van der Waals surface area contributed by atoms with Gasteiger partial charge < -0.3 is 14.2 Å². The quantitative estimate of drug-likeness (QED) is 0.838. The second-order valence-electron chi connectivity index (χ2n) is 6.34. The van der Waals surface area contributed by atoms with Crippen LogP contribution < -0.4 is 4.90 Å². The summed E-state index contributed by atoms with van der Waals surface area (Å²) in [6, 6.07) is 7.05. The molecule has 0 amide bonds. The molecule has 25 heavy (non-hydrogen) atoms. The van der Waals surface area contributed by atoms with Crippen molar-refractivity contribution < 1.29 is 13.7 Å². The van der Waals surface area contributed by atoms with E-state index in [9.17, 15) is 9.65 Å². The predicted molar refractivity (Wildman–Crippen MR) is 86.4 cm³/mol. The van der Waals surface area contributed by atoms with Crippen molar-refractivity contribution in [1.29, 1.82) is 5.26 Å². The lowest BCUT2D eigenvalue weighted by atomic mass is 10.0. The van der Waals surface area contributed by atoms with Crippen molar-refractivity contribution in [3.8, 4) is 6.07 Å². The van der Waals surface area contributed by atoms with Gasteiger partial charge in [-0.2, -0.15) is 10.2 Å². The van der Waals surface area contributed by atoms with E-state index < -0.39 is 5.82 Å². The first-order chi connectivity index (χ1) is 12.2. The molecule has 2 aliphatic rings. The first kappa shape index (κ1) is 16.0. The van der Waals surface area contributed by atoms with Gasteiger partial charge in [0.1, 0.15) is 23.6 Å². The molecule has 4 rings (SSSR count). The van der Waals surface area contributed by atoms with Crippen LogP contribution in [-0.2, 0) is 4.74 Å². The second-order valence-corrected chi connectivity index (χ2v) is 6.34. The minimum atomic E-state index is -0.471. The molecule has 1 atom stereocenters. The van der Waals surface area contributed by atoms with Crippen LogP contribution in [0.1, 0.15) is 23.4 Å². The zero-order valence-electron chi connectivity index (χ0n) is 13.9. The van der Waals surface area contributed by atoms with Gasteiger partial charge in [-0.05, 0) is 19.1 Å². The molecular weight excluding hydrogens is 325 g/mol. The zero-order chi connectivity index (χ0) is 17.4. The second kappa shape index (κ2) is 6.43. The number of nitrogens with zero attached hydrogens (tertiary/aromatic N) is 5. The summed E-state index contributed by atoms with van der Waals surface area (Å²) in [6.45, 7) is 5.42. The van der Waals surface area contributed by atoms with E-state index >= 15 is 0 Å². The maximum Gasteiger partial charge on any atom is 0.257 e. The predicted octanol–water partition coefficient (Wildman–Crippen LogP) is 1.65. The third-order valence-electron chi connectivity index (χ3n) is 4.74. The molecule has 0 spiro atoms. The number of aryl methyl sites for hydroxylation is 1. The van der Waals surface area contributed by atoms with Crippen LogP contribution in [0.15, 0.2) is 22.7 Å². The Morgan fingerprint density at radius 1 is 1.32 bits per heavy atom. The lowest BCUT2D eigenvalue weighted by molar-refractivity contribution is -0.0615. The fourth-order valence-electron chi connectivity index (χ4n) is 3.36. The standard InChI is InChI=1S/C17H18FN5O2/c1-11-20-17(25-21-11)16-10-22(5-6-24-16)12-8-23(9-12)15-4-2-3-14(18)13(15)7-19/h2-4,12,16H,5-6,8-10H2,1H3. The fraction of sp³-hybridized carbons (Fsp3) is 0.471. The van der Waals surface area contributed by atoms with E-state index in [0.717, 1.165) is 19.6 Å². The van der Waals surface area contributed by atoms with Crippen LogP contribution >= 0.6 is 0 Å². The van der Waals surface area contributed by atoms with E-state index in [2.05, 4.69) is 15.0 Å². The molecule has 3 heterocycles. The first-order valence-electron chi connectivity index (χ1n) is 8.25. The van der Waals surface area contributed by atoms with E-state index in [1.54, 1.807) is 19.1 Å². The molecule has 0 N–H and O–H groups in total. The van der Waals surface area contributed by atoms with Gasteiger partial charge in [0.05, 0.1) is 12.3 Å². The number of ether oxygens (including phenoxy) is 1. The third-order valence-corrected chi connectivity index (χ3v) is 4.74. The minimum absolute atomic E-state index is 0.113. The lowest BCUT2D eigenvalue weighted by Gasteiger charge is -2.48. The van der Waals surface area contributed by atoms with E-state index in [4.69, 9.17) is 9.26 Å². The van der Waals surface area contributed by atoms with Crippen LogP contribution in [0.2, 0.25) is 0 Å². The Morgan fingerprint density at radius 2 is 2.16 bits per heavy atom. The summed E-state index contributed by atoms with van der Waals surface area (Å²) in [6.07, 6.45) is -0.215. The first-order valence-corrected chi connectivity index (χ1v) is 8.25. The molecule has 0 radical (unpaired) electrons. The van der Waals surface area contributed by atoms with Crippen molar-refractivity contribution in [2.75, 3.05) is 37.7 Å². The average molecular weight is 343 g/mol. The Bertz CT molecular complexity index is 812. The van der Waals surface area contributed by atoms with Gasteiger partial charge in [-0.25, -0.2) is 4.39 Å². The molecule has 2 fully saturated rings. The molecule has 2 aliphatic heterocycles. The van der Waals surface area contributed by atoms with Gasteiger partial charge in [-0.1, -0.05) is 11.2 Å². The molecule has 130 valence electrons. The highest BCUT2D eigenvalue weighted by Crippen LogP contribution is 2.30. The topological polar surface area (TPSA) is 78.4 Å². The van der Waals surface area contributed by atoms with Gasteiger partial charge in [-0.3, -0.25) is 4.90 Å². The molecule has 7 nitrogen and oxygen atoms in total. The number of halogens is 1. The van der Waals surface area contributed by atoms with Gasteiger partial charge in [-0.15, -0.1) is 0 Å². The van der Waals surface area contributed by atoms with Crippen molar-refractivity contribution in [3.05, 3.63) is 41.3 Å². The summed E-state index contributed by atoms with van der Waals surface area (Å²) in [5.41, 5.74) is 0.776. The summed E-state index contributed by atoms with van der Waals surface area (Å²) in [5.74, 6) is 0.637. The molecule has 8 heteroatoms. The summed E-state index contributed by atoms with van der Waals surface area (Å²) < 4.78 is 24.7. The Hall–Kier alpha value is -2.50. The molecule has 2 aromatic rings. The number of benzene rings is 1. The van der Waals surface area contributed by atoms with Crippen molar-refractivity contribution >= 4 is 5.69 Å². The Kier molecular flexibility index (Phi) is 4.11. The molecule has 2 saturated heterocycles. The normalized spacial score (nSPS) is 21.8. The molecule has 0 saturated carbocycles. The van der Waals surface area contributed by atoms with Crippen molar-refractivity contribution in [2.24, 2.45) is 0 Å². The van der Waals surface area contributed by atoms with Gasteiger partial charge in [0.15, 0.2) is 5.82 Å². The SMILES string of the molecule is Cc1noc(C2CN(C3CN(c4cccc(F)c4C#N)C3)CCO2)n1. The van der Waals surface area contributed by atoms with Crippen molar-refractivity contribution in [1.82, 2.24) is 15.0 Å². The Labute approximate surface area is 144 Å². The summed E-state index contributed by atoms with van der Waals surface area (Å²) in [4.78, 5) is 8.61. The number of hydrogen-bond acceptors (Lipinski definition) is 7. The van der Waals surface area contributed by atoms with Crippen molar-refractivity contribution in [2.45, 2.75) is 19.1 Å². The van der Waals surface area contributed by atoms with Gasteiger partial charge in [0.25, 0.3) is 5.89 Å². The maximum absolute atomic E-state index is 13.8. The summed E-state index contributed by atoms with van der Waals surface area (Å²) >= 11 is 0. The van der Waals surface area contributed by atoms with Crippen LogP contribution in [0.4, 0.5) is 10.1 Å². The fourth-order valence-corrected chi connectivity index (χ4v) is 3.36. The van der Waals surface area contributed by atoms with Gasteiger partial charge in [0.2, 0.25) is 0 Å². The number of anilines is 1. The van der Waals surface area contributed by atoms with E-state index in [1.165, 1.54) is 6.07 Å². The van der Waals surface area contributed by atoms with E-state index in [-0.39, 0.29) is 11.7 Å². The highest BCUT2D eigenvalue weighted by atomic mass is 19.1. The summed E-state index contributed by atoms with van der Waals surface area (Å²) in [5, 5.41) is 13.0. The highest BCUT2D eigenvalue weighted by molar-refractivity contribution is 5.61. The Balaban J connectivity index is 1.41. The van der Waals surface area contributed by atoms with Crippen molar-refractivity contribution in [3.63, 3.8) is 0 Å². The number of nitriles is 1. The van der Waals surface area contributed by atoms with Crippen LogP contribution in [0.5, 0.6) is 0 Å². The molecule has 1 aromatic heterocycles. The molecule has 1 aromatic carbocycles. The molecule has 0 bridgehead atoms. The number of rotatable bonds is 3. The largest absolute Gasteiger partial charge is 0.367 e. The number of aromatic nitrogens is 2. The number of morpholine rings is 1. The van der Waals surface area contributed by atoms with Crippen LogP contribution in [0.3, 0.4) is 0 Å². The maximum atomic E-state index is 13.8. The molecular formula is C17H18FN5O2. The lowest BCUT2D eigenvalue weighted by Crippen LogP contribution is -2.62. The zero-order valence-corrected chi connectivity index (χ0v) is 13.9. The summed E-state index contributed by atoms with van der Waals surface area (Å²) in [7, 11) is 0. The Morgan fingerprint density at radius 3 is 2.88 bits per heavy atom. The number of hydrogen-bond donors (Lipinski definition) is 0. The van der Waals surface area contributed by atoms with Crippen LogP contribution in [0, 0.1) is 24.1 Å². The van der Waals surface area contributed by atoms with Crippen LogP contribution in [-0.4, -0.2) is 53.9 Å². The third kappa shape index (κ3) is 2.97. The van der Waals surface area contributed by atoms with Gasteiger partial charge in [0, 0.05) is 32.2 Å². The smallest absolute Gasteiger partial charge is 0.257 e. The van der Waals surface area contributed by atoms with Gasteiger partial charge >= 0.3 is 0 Å². The van der Waals surface area contributed by atoms with E-state index in [1.807, 2.05) is 11.0 Å².